The lowest BCUT2D eigenvalue weighted by atomic mass is 9.81. The van der Waals surface area contributed by atoms with Gasteiger partial charge in [0.25, 0.3) is 0 Å². The molecule has 15 heteroatoms. The van der Waals surface area contributed by atoms with Crippen LogP contribution in [-0.2, 0) is 9.59 Å². The van der Waals surface area contributed by atoms with Gasteiger partial charge in [-0.15, -0.1) is 0 Å². The molecule has 226 valence electrons. The molecule has 41 heavy (non-hydrogen) atoms. The van der Waals surface area contributed by atoms with Gasteiger partial charge in [0.15, 0.2) is 5.65 Å². The van der Waals surface area contributed by atoms with Crippen molar-refractivity contribution >= 4 is 17.5 Å². The molecule has 2 aromatic heterocycles. The highest BCUT2D eigenvalue weighted by Crippen LogP contribution is 2.51. The van der Waals surface area contributed by atoms with Gasteiger partial charge >= 0.3 is 12.4 Å². The maximum absolute atomic E-state index is 13.9. The Bertz CT molecular complexity index is 1280. The van der Waals surface area contributed by atoms with Gasteiger partial charge in [0, 0.05) is 19.3 Å². The van der Waals surface area contributed by atoms with Crippen LogP contribution in [0.2, 0.25) is 0 Å². The predicted octanol–water partition coefficient (Wildman–Crippen LogP) is 5.82. The Kier molecular flexibility index (Phi) is 7.68. The number of halogens is 8. The fourth-order valence-corrected chi connectivity index (χ4v) is 5.57. The number of carbonyl (C=O) groups is 2. The standard InChI is InChI=1S/C26H29F8N5O2/c27-24(28)6-3-14(4-7-24)22(38-23(41)16-10-17(16)26(32,33)34)18-12-39-19(36-18)9-15(11-35-39)21(13-1-2-13)37-20(40)5-8-25(29,30)31/h9,11-14,16-17,21-22H,1-8,10H2,(H,37,40)(H,38,41)/t16-,17-,21?,22+/m1/s1. The SMILES string of the molecule is O=C(CCC(F)(F)F)NC(c1cnn2cc([C@@H](NC(=O)[C@@H]3C[C@H]3C(F)(F)F)C3CCC(F)(F)CC3)nc2c1)C1CC1. The van der Waals surface area contributed by atoms with Gasteiger partial charge in [-0.1, -0.05) is 0 Å². The summed E-state index contributed by atoms with van der Waals surface area (Å²) in [5, 5.41) is 9.57. The number of nitrogens with one attached hydrogen (secondary N) is 2. The smallest absolute Gasteiger partial charge is 0.349 e. The molecule has 2 amide bonds. The van der Waals surface area contributed by atoms with Crippen molar-refractivity contribution in [3.05, 3.63) is 29.7 Å². The van der Waals surface area contributed by atoms with Gasteiger partial charge in [-0.05, 0) is 55.6 Å². The van der Waals surface area contributed by atoms with Gasteiger partial charge < -0.3 is 10.6 Å². The maximum Gasteiger partial charge on any atom is 0.392 e. The highest BCUT2D eigenvalue weighted by molar-refractivity contribution is 5.82. The minimum absolute atomic E-state index is 0.0135. The Morgan fingerprint density at radius 2 is 1.66 bits per heavy atom. The van der Waals surface area contributed by atoms with Crippen molar-refractivity contribution in [2.75, 3.05) is 0 Å². The summed E-state index contributed by atoms with van der Waals surface area (Å²) in [6.07, 6.45) is -7.62. The maximum atomic E-state index is 13.9. The number of nitrogens with zero attached hydrogens (tertiary/aromatic N) is 3. The van der Waals surface area contributed by atoms with Crippen LogP contribution < -0.4 is 10.6 Å². The zero-order valence-corrected chi connectivity index (χ0v) is 21.7. The van der Waals surface area contributed by atoms with Crippen LogP contribution >= 0.6 is 0 Å². The average Bonchev–Trinajstić information content (AvgIpc) is 3.79. The summed E-state index contributed by atoms with van der Waals surface area (Å²) in [6, 6.07) is 0.0935. The molecule has 2 aromatic rings. The molecule has 2 heterocycles. The molecule has 0 radical (unpaired) electrons. The van der Waals surface area contributed by atoms with E-state index in [0.29, 0.717) is 5.56 Å². The van der Waals surface area contributed by atoms with E-state index < -0.39 is 85.6 Å². The molecule has 3 aliphatic rings. The third kappa shape index (κ3) is 7.26. The average molecular weight is 596 g/mol. The van der Waals surface area contributed by atoms with E-state index in [0.717, 1.165) is 12.8 Å². The Balaban J connectivity index is 1.36. The number of alkyl halides is 8. The van der Waals surface area contributed by atoms with Crippen molar-refractivity contribution < 1.29 is 44.7 Å². The van der Waals surface area contributed by atoms with Crippen LogP contribution in [0.5, 0.6) is 0 Å². The summed E-state index contributed by atoms with van der Waals surface area (Å²) in [4.78, 5) is 29.5. The van der Waals surface area contributed by atoms with Crippen LogP contribution in [0.25, 0.3) is 5.65 Å². The molecule has 0 aliphatic heterocycles. The lowest BCUT2D eigenvalue weighted by molar-refractivity contribution is -0.155. The molecular formula is C26H29F8N5O2. The number of imidazole rings is 1. The lowest BCUT2D eigenvalue weighted by Crippen LogP contribution is -2.38. The van der Waals surface area contributed by atoms with Crippen molar-refractivity contribution in [1.29, 1.82) is 0 Å². The minimum Gasteiger partial charge on any atom is -0.349 e. The van der Waals surface area contributed by atoms with Gasteiger partial charge in [0.05, 0.1) is 48.4 Å². The molecular weight excluding hydrogens is 566 g/mol. The molecule has 5 rings (SSSR count). The van der Waals surface area contributed by atoms with E-state index in [-0.39, 0.29) is 36.5 Å². The summed E-state index contributed by atoms with van der Waals surface area (Å²) in [5.41, 5.74) is 1.04. The zero-order chi connectivity index (χ0) is 29.7. The van der Waals surface area contributed by atoms with E-state index in [2.05, 4.69) is 20.7 Å². The fraction of sp³-hybridized carbons (Fsp3) is 0.692. The molecule has 2 N–H and O–H groups in total. The Morgan fingerprint density at radius 1 is 1.00 bits per heavy atom. The summed E-state index contributed by atoms with van der Waals surface area (Å²) in [6.45, 7) is 0. The number of hydrogen-bond acceptors (Lipinski definition) is 4. The fourth-order valence-electron chi connectivity index (χ4n) is 5.57. The first-order valence-electron chi connectivity index (χ1n) is 13.6. The van der Waals surface area contributed by atoms with Crippen molar-refractivity contribution in [2.24, 2.45) is 23.7 Å². The Labute approximate surface area is 229 Å². The van der Waals surface area contributed by atoms with Crippen LogP contribution in [0.4, 0.5) is 35.1 Å². The van der Waals surface area contributed by atoms with Gasteiger partial charge in [0.2, 0.25) is 17.7 Å². The summed E-state index contributed by atoms with van der Waals surface area (Å²) < 4.78 is 106. The van der Waals surface area contributed by atoms with Gasteiger partial charge in [-0.3, -0.25) is 9.59 Å². The summed E-state index contributed by atoms with van der Waals surface area (Å²) in [7, 11) is 0. The summed E-state index contributed by atoms with van der Waals surface area (Å²) >= 11 is 0. The number of hydrogen-bond donors (Lipinski definition) is 2. The van der Waals surface area contributed by atoms with Crippen LogP contribution in [0, 0.1) is 23.7 Å². The lowest BCUT2D eigenvalue weighted by Gasteiger charge is -2.33. The van der Waals surface area contributed by atoms with Crippen LogP contribution in [0.1, 0.15) is 81.1 Å². The van der Waals surface area contributed by atoms with Gasteiger partial charge in [-0.2, -0.15) is 31.4 Å². The highest BCUT2D eigenvalue weighted by atomic mass is 19.4. The molecule has 7 nitrogen and oxygen atoms in total. The number of amides is 2. The highest BCUT2D eigenvalue weighted by Gasteiger charge is 2.59. The number of carbonyl (C=O) groups excluding carboxylic acids is 2. The number of fused-ring (bicyclic) bond motifs is 1. The van der Waals surface area contributed by atoms with Gasteiger partial charge in [0.1, 0.15) is 0 Å². The molecule has 3 aliphatic carbocycles. The molecule has 3 fully saturated rings. The van der Waals surface area contributed by atoms with E-state index in [9.17, 15) is 44.7 Å². The quantitative estimate of drug-likeness (QED) is 0.358. The van der Waals surface area contributed by atoms with Crippen molar-refractivity contribution in [2.45, 2.75) is 88.1 Å². The molecule has 0 saturated heterocycles. The van der Waals surface area contributed by atoms with E-state index in [1.165, 1.54) is 16.9 Å². The van der Waals surface area contributed by atoms with Crippen LogP contribution in [-0.4, -0.2) is 44.7 Å². The normalized spacial score (nSPS) is 24.6. The molecule has 4 atom stereocenters. The Morgan fingerprint density at radius 3 is 2.24 bits per heavy atom. The second-order valence-corrected chi connectivity index (χ2v) is 11.4. The first-order valence-corrected chi connectivity index (χ1v) is 13.6. The Hall–Kier alpha value is -3.00. The third-order valence-electron chi connectivity index (χ3n) is 8.16. The molecule has 0 spiro atoms. The van der Waals surface area contributed by atoms with Crippen molar-refractivity contribution in [3.63, 3.8) is 0 Å². The van der Waals surface area contributed by atoms with E-state index in [1.807, 2.05) is 0 Å². The summed E-state index contributed by atoms with van der Waals surface area (Å²) in [5.74, 6) is -7.88. The molecule has 0 aromatic carbocycles. The largest absolute Gasteiger partial charge is 0.392 e. The first kappa shape index (κ1) is 29.5. The van der Waals surface area contributed by atoms with Crippen LogP contribution in [0.15, 0.2) is 18.5 Å². The third-order valence-corrected chi connectivity index (χ3v) is 8.16. The zero-order valence-electron chi connectivity index (χ0n) is 21.7. The first-order chi connectivity index (χ1) is 19.1. The monoisotopic (exact) mass is 595 g/mol. The van der Waals surface area contributed by atoms with Crippen LogP contribution in [0.3, 0.4) is 0 Å². The number of rotatable bonds is 9. The number of aromatic nitrogens is 3. The molecule has 0 bridgehead atoms. The van der Waals surface area contributed by atoms with E-state index in [4.69, 9.17) is 0 Å². The van der Waals surface area contributed by atoms with Crippen molar-refractivity contribution in [3.8, 4) is 0 Å². The molecule has 3 saturated carbocycles. The van der Waals surface area contributed by atoms with E-state index in [1.54, 1.807) is 6.07 Å². The second-order valence-electron chi connectivity index (χ2n) is 11.4. The van der Waals surface area contributed by atoms with Crippen molar-refractivity contribution in [1.82, 2.24) is 25.2 Å². The van der Waals surface area contributed by atoms with E-state index >= 15 is 0 Å². The molecule has 1 unspecified atom stereocenters. The second kappa shape index (κ2) is 10.7. The predicted molar refractivity (Wildman–Crippen MR) is 127 cm³/mol. The topological polar surface area (TPSA) is 88.4 Å². The minimum atomic E-state index is -4.51. The van der Waals surface area contributed by atoms with Gasteiger partial charge in [-0.25, -0.2) is 18.3 Å².